The second kappa shape index (κ2) is 38.6. The zero-order valence-electron chi connectivity index (χ0n) is 76.1. The smallest absolute Gasteiger partial charge is 0.327 e. The van der Waals surface area contributed by atoms with Crippen LogP contribution in [-0.2, 0) is 52.7 Å². The number of hydrogen-bond donors (Lipinski definition) is 11. The van der Waals surface area contributed by atoms with Crippen LogP contribution in [0.1, 0.15) is 141 Å². The van der Waals surface area contributed by atoms with E-state index in [4.69, 9.17) is 52.2 Å². The van der Waals surface area contributed by atoms with Crippen molar-refractivity contribution in [3.63, 3.8) is 0 Å². The summed E-state index contributed by atoms with van der Waals surface area (Å²) in [6.45, 7) is 23.3. The minimum Gasteiger partial charge on any atom is -0.496 e. The van der Waals surface area contributed by atoms with Gasteiger partial charge in [0.05, 0.1) is 36.4 Å². The van der Waals surface area contributed by atoms with Crippen LogP contribution in [-0.4, -0.2) is 281 Å². The molecular weight excluding hydrogens is 1920 g/mol. The van der Waals surface area contributed by atoms with Crippen LogP contribution in [0, 0.1) is 13.8 Å². The van der Waals surface area contributed by atoms with Gasteiger partial charge in [0.15, 0.2) is 0 Å². The predicted octanol–water partition coefficient (Wildman–Crippen LogP) is 8.85. The molecule has 18 rings (SSSR count). The van der Waals surface area contributed by atoms with E-state index < -0.39 is 183 Å². The summed E-state index contributed by atoms with van der Waals surface area (Å²) in [6, 6.07) is 29.6. The summed E-state index contributed by atoms with van der Waals surface area (Å²) in [7, 11) is 2.88. The highest BCUT2D eigenvalue weighted by molar-refractivity contribution is 8.02. The second-order valence-corrected chi connectivity index (χ2v) is 45.4. The van der Waals surface area contributed by atoms with E-state index in [9.17, 15) is 97.5 Å². The quantitative estimate of drug-likeness (QED) is 0.0282. The number of fused-ring (bicyclic) bond motifs is 6. The molecule has 724 valence electrons. The summed E-state index contributed by atoms with van der Waals surface area (Å²) in [5, 5.41) is 69.1. The normalized spacial score (nSPS) is 25.7. The summed E-state index contributed by atoms with van der Waals surface area (Å²) in [6.07, 6.45) is 0. The number of aromatic nitrogens is 2. The number of thioether (sulfide) groups is 5. The third-order valence-electron chi connectivity index (χ3n) is 24.8. The predicted molar refractivity (Wildman–Crippen MR) is 507 cm³/mol. The molecule has 0 bridgehead atoms. The summed E-state index contributed by atoms with van der Waals surface area (Å²) < 4.78 is 23.3. The van der Waals surface area contributed by atoms with Crippen molar-refractivity contribution < 1.29 is 121 Å². The van der Waals surface area contributed by atoms with Gasteiger partial charge in [0.1, 0.15) is 150 Å². The van der Waals surface area contributed by atoms with Gasteiger partial charge >= 0.3 is 29.8 Å². The highest BCUT2D eigenvalue weighted by Crippen LogP contribution is 2.56. The number of amides is 10. The van der Waals surface area contributed by atoms with E-state index in [-0.39, 0.29) is 51.2 Å². The molecule has 0 spiro atoms. The molecule has 0 aliphatic carbocycles. The molecule has 0 saturated carbocycles. The average Bonchev–Trinajstić information content (AvgIpc) is 1.58. The molecule has 0 radical (unpaired) electrons. The maximum Gasteiger partial charge on any atom is 0.327 e. The number of aliphatic carboxylic acids is 5. The van der Waals surface area contributed by atoms with Gasteiger partial charge in [-0.25, -0.2) is 24.0 Å². The zero-order valence-corrected chi connectivity index (χ0v) is 81.6. The van der Waals surface area contributed by atoms with Gasteiger partial charge in [-0.15, -0.1) is 58.8 Å². The van der Waals surface area contributed by atoms with Crippen molar-refractivity contribution >= 4 is 182 Å². The van der Waals surface area contributed by atoms with Crippen molar-refractivity contribution in [2.45, 2.75) is 207 Å². The van der Waals surface area contributed by atoms with E-state index in [1.807, 2.05) is 73.7 Å². The molecule has 12 heterocycles. The van der Waals surface area contributed by atoms with Crippen molar-refractivity contribution in [1.29, 1.82) is 0 Å². The van der Waals surface area contributed by atoms with Gasteiger partial charge in [-0.05, 0) is 137 Å². The highest BCUT2D eigenvalue weighted by Gasteiger charge is 2.69. The average molecular weight is 2020 g/mol. The number of halogens is 2. The molecule has 38 nitrogen and oxygen atoms in total. The van der Waals surface area contributed by atoms with E-state index in [2.05, 4.69) is 36.9 Å². The largest absolute Gasteiger partial charge is 0.496 e. The Morgan fingerprint density at radius 3 is 1.08 bits per heavy atom. The minimum atomic E-state index is -1.07. The van der Waals surface area contributed by atoms with Crippen LogP contribution in [0.25, 0.3) is 33.3 Å². The van der Waals surface area contributed by atoms with Crippen LogP contribution in [0.4, 0.5) is 0 Å². The molecule has 10 aliphatic heterocycles. The summed E-state index contributed by atoms with van der Waals surface area (Å²) >= 11 is 19.4. The Morgan fingerprint density at radius 1 is 0.409 bits per heavy atom. The van der Waals surface area contributed by atoms with E-state index in [1.165, 1.54) is 97.5 Å². The SMILES string of the molecule is CC1(C)S[C@@H]2[C@H](NC(=O)[C@H](N)c3ccccc3)C(=O)N2[C@H]1C(=O)O.CCOc1ccc2ccccc2c1C(=O)N[C@@H]1C(=O)N2[C@@H]1SC(C)(C)[C@@H]2C(=O)O.COc1cccc(OC)c1C(=O)N[C@@H]1C(=O)N2[C@@H]1SC(C)(C)[C@@H]2C(=O)O.Cc1onc(-c2c(Cl)cccc2Cl)c1C(=O)N[C@@H]1C(=O)N2[C@@H]1SC(C)(C)[C@@H]2C(=O)O.Cc1onc(-c2ccccc2)c1C(=O)N[C@@H]1C(=O)N2[C@@H]1SC(C)(C)[C@@H]2C(=O)O. The van der Waals surface area contributed by atoms with E-state index >= 15 is 0 Å². The number of β-lactam (4-membered cyclic amide) rings is 5. The first kappa shape index (κ1) is 101. The Hall–Kier alpha value is -12.3. The number of benzene rings is 6. The molecule has 10 amide bonds. The Kier molecular flexibility index (Phi) is 28.4. The van der Waals surface area contributed by atoms with Gasteiger partial charge < -0.3 is 106 Å². The van der Waals surface area contributed by atoms with E-state index in [1.54, 1.807) is 150 Å². The Bertz CT molecular complexity index is 6220. The summed E-state index contributed by atoms with van der Waals surface area (Å²) in [5.74, 6) is -7.89. The molecular formula is C92H97Cl2N13O25S5. The van der Waals surface area contributed by atoms with Gasteiger partial charge in [0, 0.05) is 34.9 Å². The first-order valence-electron chi connectivity index (χ1n) is 42.8. The fourth-order valence-corrected chi connectivity index (χ4v) is 27.1. The lowest BCUT2D eigenvalue weighted by Gasteiger charge is -2.43. The van der Waals surface area contributed by atoms with Crippen LogP contribution in [0.5, 0.6) is 17.2 Å². The van der Waals surface area contributed by atoms with Gasteiger partial charge in [-0.1, -0.05) is 137 Å². The Labute approximate surface area is 814 Å². The summed E-state index contributed by atoms with van der Waals surface area (Å²) in [5.41, 5.74) is 9.22. The lowest BCUT2D eigenvalue weighted by atomic mass is 9.95. The summed E-state index contributed by atoms with van der Waals surface area (Å²) in [4.78, 5) is 192. The first-order valence-corrected chi connectivity index (χ1v) is 47.9. The zero-order chi connectivity index (χ0) is 100.0. The van der Waals surface area contributed by atoms with Crippen LogP contribution >= 0.6 is 82.0 Å². The van der Waals surface area contributed by atoms with Crippen molar-refractivity contribution in [2.24, 2.45) is 5.73 Å². The Balaban J connectivity index is 0.000000137. The topological polar surface area (TPSA) is 539 Å². The number of carboxylic acids is 5. The van der Waals surface area contributed by atoms with Crippen molar-refractivity contribution in [3.8, 4) is 39.8 Å². The molecule has 45 heteroatoms. The number of hydrogen-bond acceptors (Lipinski definition) is 28. The number of nitrogens with zero attached hydrogens (tertiary/aromatic N) is 7. The number of methoxy groups -OCH3 is 2. The van der Waals surface area contributed by atoms with Gasteiger partial charge in [-0.2, -0.15) is 0 Å². The standard InChI is InChI=1S/C21H22N2O5S.C19H17Cl2N3O5S.C19H19N3O5S.C17H20N2O6S.C16H19N3O4S/c1-4-28-13-10-9-11-7-5-6-8-12(11)14(13)17(24)22-15-18(25)23-16(20(26)27)21(2,3)29-19(15)23;1-7-10(12(23-29-7)11-8(20)5-4-6-9(11)21)15(25)22-13-16(26)24-14(18(27)28)19(2,3)30-17(13)24;1-9-11(12(21-27-9)10-7-5-4-6-8-10)15(23)20-13-16(24)22-14(18(25)26)19(2,3)28-17(13)22;1-17(2)12(16(22)23)19-14(21)11(15(19)26-17)18-13(20)10-8(24-3)6-5-7-9(10)25-4;1-16(2)11(15(22)23)19-13(21)10(14(19)24-16)18-12(20)9(17)8-6-4-3-5-7-8/h5-10,15-16,19H,4H2,1-3H3,(H,22,24)(H,26,27);4-6,13-14,17H,1-3H3,(H,22,25)(H,27,28);4-8,13-14,17H,1-3H3,(H,20,23)(H,25,26);5-7,11-12,15H,1-4H3,(H,18,20)(H,22,23);3-7,9-11,14H,17H2,1-2H3,(H,18,20)(H,22,23)/t15-,16+,19-;2*13-,14+,17-;11-,12+,15-;9-,10-,11+,14-/m11111/s1. The fourth-order valence-electron chi connectivity index (χ4n) is 18.4. The van der Waals surface area contributed by atoms with Crippen LogP contribution in [0.2, 0.25) is 10.0 Å². The van der Waals surface area contributed by atoms with Gasteiger partial charge in [0.2, 0.25) is 35.4 Å². The molecule has 16 atom stereocenters. The number of rotatable bonds is 22. The molecule has 0 unspecified atom stereocenters. The van der Waals surface area contributed by atoms with Crippen molar-refractivity contribution in [2.75, 3.05) is 20.8 Å². The van der Waals surface area contributed by atoms with E-state index in [0.29, 0.717) is 62.0 Å². The number of ether oxygens (including phenoxy) is 3. The molecule has 10 aliphatic rings. The minimum absolute atomic E-state index is 0.119. The third kappa shape index (κ3) is 18.4. The van der Waals surface area contributed by atoms with Gasteiger partial charge in [0.25, 0.3) is 23.6 Å². The molecule has 10 saturated heterocycles. The Morgan fingerprint density at radius 2 is 0.723 bits per heavy atom. The molecule has 6 aromatic carbocycles. The fraction of sp³-hybridized carbons (Fsp3) is 0.402. The van der Waals surface area contributed by atoms with Crippen molar-refractivity contribution in [1.82, 2.24) is 61.4 Å². The number of nitrogens with one attached hydrogen (secondary N) is 5. The monoisotopic (exact) mass is 2010 g/mol. The van der Waals surface area contributed by atoms with Crippen LogP contribution in [0.15, 0.2) is 143 Å². The number of aryl methyl sites for hydroxylation is 2. The maximum absolute atomic E-state index is 13.2. The van der Waals surface area contributed by atoms with Crippen LogP contribution < -0.4 is 46.5 Å². The number of nitrogens with two attached hydrogens (primary N) is 1. The number of carbonyl (C=O) groups is 15. The van der Waals surface area contributed by atoms with Crippen molar-refractivity contribution in [3.05, 3.63) is 183 Å². The molecule has 137 heavy (non-hydrogen) atoms. The van der Waals surface area contributed by atoms with Gasteiger partial charge in [-0.3, -0.25) is 47.9 Å². The molecule has 8 aromatic rings. The maximum atomic E-state index is 13.2. The molecule has 2 aromatic heterocycles. The lowest BCUT2D eigenvalue weighted by molar-refractivity contribution is -0.161. The molecule has 12 N–H and O–H groups in total. The first-order chi connectivity index (χ1) is 64.5. The van der Waals surface area contributed by atoms with E-state index in [0.717, 1.165) is 16.3 Å². The lowest BCUT2D eigenvalue weighted by Crippen LogP contribution is -2.71. The number of carbonyl (C=O) groups excluding carboxylic acids is 10. The van der Waals surface area contributed by atoms with Crippen LogP contribution in [0.3, 0.4) is 0 Å². The molecule has 10 fully saturated rings. The highest BCUT2D eigenvalue weighted by atomic mass is 35.5. The second-order valence-electron chi connectivity index (χ2n) is 35.7. The number of carboxylic acid groups (broad SMARTS) is 5. The third-order valence-corrected chi connectivity index (χ3v) is 33.2.